The minimum absolute atomic E-state index is 0.275. The lowest BCUT2D eigenvalue weighted by Crippen LogP contribution is -2.13. The van der Waals surface area contributed by atoms with Crippen LogP contribution in [0.15, 0.2) is 22.7 Å². The van der Waals surface area contributed by atoms with Crippen molar-refractivity contribution < 1.29 is 17.9 Å². The van der Waals surface area contributed by atoms with Gasteiger partial charge < -0.3 is 4.74 Å². The molecule has 16 heavy (non-hydrogen) atoms. The van der Waals surface area contributed by atoms with Crippen LogP contribution in [-0.2, 0) is 5.88 Å². The Kier molecular flexibility index (Phi) is 4.92. The smallest absolute Gasteiger partial charge is 0.392 e. The molecule has 1 nitrogen and oxygen atoms in total. The average molecular weight is 318 g/mol. The average Bonchev–Trinajstić information content (AvgIpc) is 2.18. The number of ether oxygens (including phenoxy) is 1. The van der Waals surface area contributed by atoms with Crippen LogP contribution in [0.25, 0.3) is 0 Å². The highest BCUT2D eigenvalue weighted by atomic mass is 79.9. The number of rotatable bonds is 4. The highest BCUT2D eigenvalue weighted by Gasteiger charge is 2.26. The lowest BCUT2D eigenvalue weighted by Gasteiger charge is -2.10. The zero-order valence-electron chi connectivity index (χ0n) is 8.15. The molecule has 0 radical (unpaired) electrons. The first-order valence-corrected chi connectivity index (χ1v) is 5.79. The van der Waals surface area contributed by atoms with Gasteiger partial charge in [-0.05, 0) is 23.8 Å². The van der Waals surface area contributed by atoms with E-state index in [0.29, 0.717) is 5.75 Å². The van der Waals surface area contributed by atoms with Crippen LogP contribution in [0.4, 0.5) is 13.2 Å². The van der Waals surface area contributed by atoms with Crippen LogP contribution < -0.4 is 4.74 Å². The van der Waals surface area contributed by atoms with Gasteiger partial charge >= 0.3 is 6.18 Å². The van der Waals surface area contributed by atoms with Crippen molar-refractivity contribution in [3.63, 3.8) is 0 Å². The molecule has 6 heteroatoms. The van der Waals surface area contributed by atoms with Crippen molar-refractivity contribution >= 4 is 27.5 Å². The van der Waals surface area contributed by atoms with E-state index in [0.717, 1.165) is 10.0 Å². The van der Waals surface area contributed by atoms with Crippen LogP contribution in [0, 0.1) is 0 Å². The number of hydrogen-bond donors (Lipinski definition) is 0. The van der Waals surface area contributed by atoms with Gasteiger partial charge in [0.25, 0.3) is 0 Å². The fraction of sp³-hybridized carbons (Fsp3) is 0.400. The molecule has 0 spiro atoms. The van der Waals surface area contributed by atoms with Gasteiger partial charge in [-0.25, -0.2) is 0 Å². The van der Waals surface area contributed by atoms with Crippen molar-refractivity contribution in [2.24, 2.45) is 0 Å². The van der Waals surface area contributed by atoms with E-state index in [1.165, 1.54) is 0 Å². The molecule has 0 atom stereocenters. The first-order chi connectivity index (χ1) is 7.42. The number of halogens is 5. The van der Waals surface area contributed by atoms with E-state index < -0.39 is 12.6 Å². The largest absolute Gasteiger partial charge is 0.493 e. The summed E-state index contributed by atoms with van der Waals surface area (Å²) in [5.74, 6) is 0.667. The van der Waals surface area contributed by atoms with Crippen molar-refractivity contribution in [2.45, 2.75) is 18.5 Å². The van der Waals surface area contributed by atoms with Crippen molar-refractivity contribution in [3.05, 3.63) is 28.2 Å². The van der Waals surface area contributed by atoms with Crippen LogP contribution in [0.2, 0.25) is 0 Å². The monoisotopic (exact) mass is 316 g/mol. The maximum atomic E-state index is 11.9. The maximum Gasteiger partial charge on any atom is 0.392 e. The standard InChI is InChI=1S/C10H9BrClF3O/c11-9-2-1-8(5-7(9)6-12)16-4-3-10(13,14)15/h1-2,5H,3-4,6H2. The van der Waals surface area contributed by atoms with E-state index in [4.69, 9.17) is 16.3 Å². The lowest BCUT2D eigenvalue weighted by atomic mass is 10.2. The van der Waals surface area contributed by atoms with Gasteiger partial charge in [-0.2, -0.15) is 13.2 Å². The van der Waals surface area contributed by atoms with Crippen LogP contribution in [0.1, 0.15) is 12.0 Å². The SMILES string of the molecule is FC(F)(F)CCOc1ccc(Br)c(CCl)c1. The predicted octanol–water partition coefficient (Wildman–Crippen LogP) is 4.52. The summed E-state index contributed by atoms with van der Waals surface area (Å²) in [6.07, 6.45) is -5.15. The fourth-order valence-electron chi connectivity index (χ4n) is 1.03. The second kappa shape index (κ2) is 5.77. The minimum Gasteiger partial charge on any atom is -0.493 e. The summed E-state index contributed by atoms with van der Waals surface area (Å²) >= 11 is 8.92. The van der Waals surface area contributed by atoms with Gasteiger partial charge in [0.1, 0.15) is 5.75 Å². The van der Waals surface area contributed by atoms with Crippen LogP contribution >= 0.6 is 27.5 Å². The van der Waals surface area contributed by atoms with E-state index in [1.807, 2.05) is 0 Å². The predicted molar refractivity (Wildman–Crippen MR) is 59.9 cm³/mol. The zero-order valence-corrected chi connectivity index (χ0v) is 10.5. The third-order valence-electron chi connectivity index (χ3n) is 1.82. The molecule has 0 N–H and O–H groups in total. The third kappa shape index (κ3) is 4.61. The Labute approximate surface area is 105 Å². The van der Waals surface area contributed by atoms with E-state index in [2.05, 4.69) is 15.9 Å². The Morgan fingerprint density at radius 1 is 1.31 bits per heavy atom. The number of hydrogen-bond acceptors (Lipinski definition) is 1. The molecule has 0 fully saturated rings. The van der Waals surface area contributed by atoms with Crippen LogP contribution in [0.5, 0.6) is 5.75 Å². The first kappa shape index (κ1) is 13.6. The molecule has 0 aliphatic rings. The normalized spacial score (nSPS) is 11.6. The van der Waals surface area contributed by atoms with Gasteiger partial charge in [0.2, 0.25) is 0 Å². The summed E-state index contributed by atoms with van der Waals surface area (Å²) in [7, 11) is 0. The van der Waals surface area contributed by atoms with E-state index in [-0.39, 0.29) is 12.5 Å². The van der Waals surface area contributed by atoms with Crippen molar-refractivity contribution in [1.29, 1.82) is 0 Å². The second-order valence-electron chi connectivity index (χ2n) is 3.10. The van der Waals surface area contributed by atoms with Crippen molar-refractivity contribution in [3.8, 4) is 5.75 Å². The minimum atomic E-state index is -4.19. The number of benzene rings is 1. The summed E-state index contributed by atoms with van der Waals surface area (Å²) in [5.41, 5.74) is 0.783. The molecule has 1 aromatic rings. The molecule has 0 aliphatic heterocycles. The molecule has 0 saturated heterocycles. The van der Waals surface area contributed by atoms with Gasteiger partial charge in [-0.3, -0.25) is 0 Å². The molecular weight excluding hydrogens is 308 g/mol. The Morgan fingerprint density at radius 3 is 2.56 bits per heavy atom. The summed E-state index contributed by atoms with van der Waals surface area (Å²) in [5, 5.41) is 0. The van der Waals surface area contributed by atoms with Gasteiger partial charge in [0.15, 0.2) is 0 Å². The molecular formula is C10H9BrClF3O. The lowest BCUT2D eigenvalue weighted by molar-refractivity contribution is -0.139. The molecule has 0 amide bonds. The topological polar surface area (TPSA) is 9.23 Å². The quantitative estimate of drug-likeness (QED) is 0.742. The molecule has 1 aromatic carbocycles. The molecule has 0 saturated carbocycles. The van der Waals surface area contributed by atoms with Gasteiger partial charge in [-0.1, -0.05) is 15.9 Å². The fourth-order valence-corrected chi connectivity index (χ4v) is 1.80. The van der Waals surface area contributed by atoms with Gasteiger partial charge in [0, 0.05) is 10.4 Å². The molecule has 0 aromatic heterocycles. The van der Waals surface area contributed by atoms with E-state index in [9.17, 15) is 13.2 Å². The van der Waals surface area contributed by atoms with Crippen molar-refractivity contribution in [1.82, 2.24) is 0 Å². The zero-order chi connectivity index (χ0) is 12.2. The Hall–Kier alpha value is -0.420. The van der Waals surface area contributed by atoms with Crippen LogP contribution in [-0.4, -0.2) is 12.8 Å². The summed E-state index contributed by atoms with van der Waals surface area (Å²) in [4.78, 5) is 0. The Balaban J connectivity index is 2.55. The highest BCUT2D eigenvalue weighted by Crippen LogP contribution is 2.25. The second-order valence-corrected chi connectivity index (χ2v) is 4.22. The third-order valence-corrected chi connectivity index (χ3v) is 2.88. The number of alkyl halides is 4. The molecule has 0 unspecified atom stereocenters. The van der Waals surface area contributed by atoms with Gasteiger partial charge in [-0.15, -0.1) is 11.6 Å². The maximum absolute atomic E-state index is 11.9. The Morgan fingerprint density at radius 2 is 2.00 bits per heavy atom. The van der Waals surface area contributed by atoms with E-state index >= 15 is 0 Å². The molecule has 90 valence electrons. The molecule has 0 heterocycles. The highest BCUT2D eigenvalue weighted by molar-refractivity contribution is 9.10. The van der Waals surface area contributed by atoms with E-state index in [1.54, 1.807) is 18.2 Å². The summed E-state index contributed by atoms with van der Waals surface area (Å²) in [6.45, 7) is -0.382. The summed E-state index contributed by atoms with van der Waals surface area (Å²) in [6, 6.07) is 4.91. The van der Waals surface area contributed by atoms with Crippen LogP contribution in [0.3, 0.4) is 0 Å². The van der Waals surface area contributed by atoms with Crippen molar-refractivity contribution in [2.75, 3.05) is 6.61 Å². The molecule has 0 aliphatic carbocycles. The van der Waals surface area contributed by atoms with Gasteiger partial charge in [0.05, 0.1) is 13.0 Å². The summed E-state index contributed by atoms with van der Waals surface area (Å²) < 4.78 is 41.4. The molecule has 1 rings (SSSR count). The molecule has 0 bridgehead atoms. The first-order valence-electron chi connectivity index (χ1n) is 4.46. The Bertz CT molecular complexity index is 354.